The zero-order valence-corrected chi connectivity index (χ0v) is 11.6. The lowest BCUT2D eigenvalue weighted by Crippen LogP contribution is -2.28. The zero-order chi connectivity index (χ0) is 12.2. The molecule has 0 radical (unpaired) electrons. The monoisotopic (exact) mass is 247 g/mol. The molecule has 1 rings (SSSR count). The average molecular weight is 247 g/mol. The molecule has 0 bridgehead atoms. The lowest BCUT2D eigenvalue weighted by molar-refractivity contribution is 0.312. The number of nitrogens with one attached hydrogen (secondary N) is 1. The molecule has 1 aliphatic rings. The SMILES string of the molecule is CCCNC1CCC(C)(CCS(C)(=O)=O)C1. The van der Waals surface area contributed by atoms with Gasteiger partial charge in [-0.3, -0.25) is 0 Å². The summed E-state index contributed by atoms with van der Waals surface area (Å²) in [6, 6.07) is 0.601. The quantitative estimate of drug-likeness (QED) is 0.780. The molecule has 3 nitrogen and oxygen atoms in total. The maximum absolute atomic E-state index is 11.2. The van der Waals surface area contributed by atoms with Crippen molar-refractivity contribution in [1.82, 2.24) is 5.32 Å². The Balaban J connectivity index is 2.37. The second-order valence-electron chi connectivity index (χ2n) is 5.58. The van der Waals surface area contributed by atoms with Gasteiger partial charge in [-0.2, -0.15) is 0 Å². The van der Waals surface area contributed by atoms with Crippen molar-refractivity contribution in [3.8, 4) is 0 Å². The number of sulfone groups is 1. The fraction of sp³-hybridized carbons (Fsp3) is 1.00. The van der Waals surface area contributed by atoms with Gasteiger partial charge in [0.25, 0.3) is 0 Å². The van der Waals surface area contributed by atoms with E-state index in [2.05, 4.69) is 19.2 Å². The third-order valence-corrected chi connectivity index (χ3v) is 4.54. The van der Waals surface area contributed by atoms with Gasteiger partial charge in [-0.25, -0.2) is 8.42 Å². The topological polar surface area (TPSA) is 46.2 Å². The molecular formula is C12H25NO2S. The van der Waals surface area contributed by atoms with Gasteiger partial charge in [0.05, 0.1) is 5.75 Å². The molecular weight excluding hydrogens is 222 g/mol. The summed E-state index contributed by atoms with van der Waals surface area (Å²) >= 11 is 0. The van der Waals surface area contributed by atoms with Crippen molar-refractivity contribution >= 4 is 9.84 Å². The van der Waals surface area contributed by atoms with Gasteiger partial charge in [-0.1, -0.05) is 13.8 Å². The summed E-state index contributed by atoms with van der Waals surface area (Å²) < 4.78 is 22.3. The minimum Gasteiger partial charge on any atom is -0.314 e. The molecule has 0 spiro atoms. The van der Waals surface area contributed by atoms with E-state index in [1.165, 1.54) is 12.7 Å². The largest absolute Gasteiger partial charge is 0.314 e. The van der Waals surface area contributed by atoms with E-state index in [1.54, 1.807) is 0 Å². The molecule has 2 atom stereocenters. The fourth-order valence-electron chi connectivity index (χ4n) is 2.50. The van der Waals surface area contributed by atoms with E-state index in [0.29, 0.717) is 11.8 Å². The number of hydrogen-bond donors (Lipinski definition) is 1. The summed E-state index contributed by atoms with van der Waals surface area (Å²) in [4.78, 5) is 0. The highest BCUT2D eigenvalue weighted by atomic mass is 32.2. The van der Waals surface area contributed by atoms with Crippen molar-refractivity contribution in [2.45, 2.75) is 52.0 Å². The van der Waals surface area contributed by atoms with Crippen LogP contribution in [0.25, 0.3) is 0 Å². The van der Waals surface area contributed by atoms with Crippen molar-refractivity contribution in [2.24, 2.45) is 5.41 Å². The first-order valence-corrected chi connectivity index (χ1v) is 8.32. The van der Waals surface area contributed by atoms with E-state index >= 15 is 0 Å². The van der Waals surface area contributed by atoms with Crippen LogP contribution in [0.15, 0.2) is 0 Å². The van der Waals surface area contributed by atoms with Crippen molar-refractivity contribution < 1.29 is 8.42 Å². The second kappa shape index (κ2) is 5.50. The lowest BCUT2D eigenvalue weighted by Gasteiger charge is -2.23. The minimum absolute atomic E-state index is 0.231. The van der Waals surface area contributed by atoms with Gasteiger partial charge in [0.15, 0.2) is 0 Å². The zero-order valence-electron chi connectivity index (χ0n) is 10.8. The maximum atomic E-state index is 11.2. The first kappa shape index (κ1) is 14.0. The molecule has 0 heterocycles. The van der Waals surface area contributed by atoms with E-state index in [1.807, 2.05) is 0 Å². The number of hydrogen-bond acceptors (Lipinski definition) is 3. The summed E-state index contributed by atoms with van der Waals surface area (Å²) in [5.41, 5.74) is 0.231. The molecule has 0 aromatic rings. The van der Waals surface area contributed by atoms with Crippen LogP contribution in [0.3, 0.4) is 0 Å². The van der Waals surface area contributed by atoms with Crippen LogP contribution in [-0.4, -0.2) is 33.0 Å². The van der Waals surface area contributed by atoms with Crippen LogP contribution in [0.5, 0.6) is 0 Å². The Morgan fingerprint density at radius 1 is 1.44 bits per heavy atom. The van der Waals surface area contributed by atoms with Gasteiger partial charge in [0.2, 0.25) is 0 Å². The Bertz CT molecular complexity index is 313. The van der Waals surface area contributed by atoms with Crippen LogP contribution < -0.4 is 5.32 Å². The van der Waals surface area contributed by atoms with Gasteiger partial charge < -0.3 is 5.32 Å². The Hall–Kier alpha value is -0.0900. The smallest absolute Gasteiger partial charge is 0.147 e. The summed E-state index contributed by atoms with van der Waals surface area (Å²) in [6.07, 6.45) is 6.79. The van der Waals surface area contributed by atoms with E-state index in [4.69, 9.17) is 0 Å². The molecule has 4 heteroatoms. The molecule has 0 aromatic carbocycles. The van der Waals surface area contributed by atoms with E-state index in [9.17, 15) is 8.42 Å². The Morgan fingerprint density at radius 3 is 2.69 bits per heavy atom. The van der Waals surface area contributed by atoms with Crippen LogP contribution in [0.4, 0.5) is 0 Å². The Kier molecular flexibility index (Phi) is 4.80. The molecule has 1 aliphatic carbocycles. The highest BCUT2D eigenvalue weighted by molar-refractivity contribution is 7.90. The molecule has 96 valence electrons. The predicted octanol–water partition coefficient (Wildman–Crippen LogP) is 1.98. The summed E-state index contributed by atoms with van der Waals surface area (Å²) in [7, 11) is -2.80. The summed E-state index contributed by atoms with van der Waals surface area (Å²) in [5, 5.41) is 3.53. The van der Waals surface area contributed by atoms with Crippen LogP contribution in [0.2, 0.25) is 0 Å². The maximum Gasteiger partial charge on any atom is 0.147 e. The molecule has 0 amide bonds. The van der Waals surface area contributed by atoms with Crippen LogP contribution in [0, 0.1) is 5.41 Å². The third-order valence-electron chi connectivity index (χ3n) is 3.59. The van der Waals surface area contributed by atoms with Crippen molar-refractivity contribution in [3.63, 3.8) is 0 Å². The van der Waals surface area contributed by atoms with Crippen LogP contribution >= 0.6 is 0 Å². The fourth-order valence-corrected chi connectivity index (χ4v) is 3.37. The Morgan fingerprint density at radius 2 is 2.12 bits per heavy atom. The molecule has 1 N–H and O–H groups in total. The molecule has 0 aromatic heterocycles. The molecule has 16 heavy (non-hydrogen) atoms. The first-order chi connectivity index (χ1) is 7.35. The van der Waals surface area contributed by atoms with Gasteiger partial charge >= 0.3 is 0 Å². The van der Waals surface area contributed by atoms with Gasteiger partial charge in [0.1, 0.15) is 9.84 Å². The minimum atomic E-state index is -2.80. The summed E-state index contributed by atoms with van der Waals surface area (Å²) in [5.74, 6) is 0.337. The normalized spacial score (nSPS) is 30.8. The highest BCUT2D eigenvalue weighted by Crippen LogP contribution is 2.40. The van der Waals surface area contributed by atoms with E-state index < -0.39 is 9.84 Å². The highest BCUT2D eigenvalue weighted by Gasteiger charge is 2.34. The first-order valence-electron chi connectivity index (χ1n) is 6.26. The second-order valence-corrected chi connectivity index (χ2v) is 7.84. The number of rotatable bonds is 6. The van der Waals surface area contributed by atoms with E-state index in [0.717, 1.165) is 32.2 Å². The predicted molar refractivity (Wildman–Crippen MR) is 68.4 cm³/mol. The van der Waals surface area contributed by atoms with Gasteiger partial charge in [-0.05, 0) is 44.1 Å². The lowest BCUT2D eigenvalue weighted by atomic mass is 9.86. The third kappa shape index (κ3) is 4.83. The molecule has 2 unspecified atom stereocenters. The van der Waals surface area contributed by atoms with E-state index in [-0.39, 0.29) is 5.41 Å². The molecule has 1 saturated carbocycles. The molecule has 0 saturated heterocycles. The standard InChI is InChI=1S/C12H25NO2S/c1-4-8-13-11-5-6-12(2,10-11)7-9-16(3,14)15/h11,13H,4-10H2,1-3H3. The van der Waals surface area contributed by atoms with Gasteiger partial charge in [-0.15, -0.1) is 0 Å². The van der Waals surface area contributed by atoms with Gasteiger partial charge in [0, 0.05) is 12.3 Å². The van der Waals surface area contributed by atoms with Crippen LogP contribution in [-0.2, 0) is 9.84 Å². The van der Waals surface area contributed by atoms with Crippen molar-refractivity contribution in [3.05, 3.63) is 0 Å². The van der Waals surface area contributed by atoms with Crippen LogP contribution in [0.1, 0.15) is 46.0 Å². The average Bonchev–Trinajstić information content (AvgIpc) is 2.55. The van der Waals surface area contributed by atoms with Crippen molar-refractivity contribution in [2.75, 3.05) is 18.6 Å². The summed E-state index contributed by atoms with van der Waals surface area (Å²) in [6.45, 7) is 5.48. The van der Waals surface area contributed by atoms with Crippen molar-refractivity contribution in [1.29, 1.82) is 0 Å². The molecule has 0 aliphatic heterocycles. The Labute approximate surface area is 99.9 Å². The molecule has 1 fully saturated rings.